The topological polar surface area (TPSA) is 58.6 Å². The van der Waals surface area contributed by atoms with Gasteiger partial charge in [0.15, 0.2) is 0 Å². The molecule has 1 saturated heterocycles. The first kappa shape index (κ1) is 15.0. The summed E-state index contributed by atoms with van der Waals surface area (Å²) in [4.78, 5) is 24.8. The van der Waals surface area contributed by atoms with E-state index in [9.17, 15) is 9.59 Å². The van der Waals surface area contributed by atoms with Crippen LogP contribution in [0, 0.1) is 11.8 Å². The number of hydrogen-bond donors (Lipinski definition) is 1. The van der Waals surface area contributed by atoms with E-state index in [1.807, 2.05) is 0 Å². The summed E-state index contributed by atoms with van der Waals surface area (Å²) in [5.74, 6) is 0.990. The van der Waals surface area contributed by atoms with Crippen molar-refractivity contribution in [3.63, 3.8) is 0 Å². The first-order valence-electron chi connectivity index (χ1n) is 6.57. The second-order valence-electron chi connectivity index (χ2n) is 5.32. The molecule has 1 N–H and O–H groups in total. The predicted molar refractivity (Wildman–Crippen MR) is 69.0 cm³/mol. The molecule has 0 saturated carbocycles. The fourth-order valence-corrected chi connectivity index (χ4v) is 2.59. The fourth-order valence-electron chi connectivity index (χ4n) is 2.59. The molecule has 2 unspecified atom stereocenters. The Kier molecular flexibility index (Phi) is 6.12. The number of carbonyl (C=O) groups excluding carboxylic acids is 2. The number of amides is 1. The number of esters is 1. The van der Waals surface area contributed by atoms with E-state index in [0.29, 0.717) is 24.9 Å². The SMILES string of the molecule is COC(=O)CCNC(=O)CN1CC(C)CC(C)C1. The van der Waals surface area contributed by atoms with Gasteiger partial charge in [0.05, 0.1) is 20.1 Å². The van der Waals surface area contributed by atoms with Gasteiger partial charge in [0, 0.05) is 19.6 Å². The molecule has 1 aliphatic rings. The van der Waals surface area contributed by atoms with E-state index < -0.39 is 0 Å². The lowest BCUT2D eigenvalue weighted by molar-refractivity contribution is -0.140. The van der Waals surface area contributed by atoms with Crippen LogP contribution >= 0.6 is 0 Å². The zero-order valence-corrected chi connectivity index (χ0v) is 11.6. The van der Waals surface area contributed by atoms with Crippen LogP contribution in [0.4, 0.5) is 0 Å². The number of nitrogens with one attached hydrogen (secondary N) is 1. The molecule has 5 nitrogen and oxygen atoms in total. The molecule has 5 heteroatoms. The Morgan fingerprint density at radius 3 is 2.44 bits per heavy atom. The molecular formula is C13H24N2O3. The molecule has 2 atom stereocenters. The van der Waals surface area contributed by atoms with E-state index >= 15 is 0 Å². The number of nitrogens with zero attached hydrogens (tertiary/aromatic N) is 1. The third-order valence-electron chi connectivity index (χ3n) is 3.19. The van der Waals surface area contributed by atoms with Crippen LogP contribution in [-0.2, 0) is 14.3 Å². The van der Waals surface area contributed by atoms with Crippen molar-refractivity contribution in [1.82, 2.24) is 10.2 Å². The Morgan fingerprint density at radius 2 is 1.89 bits per heavy atom. The molecule has 104 valence electrons. The number of methoxy groups -OCH3 is 1. The number of rotatable bonds is 5. The molecular weight excluding hydrogens is 232 g/mol. The van der Waals surface area contributed by atoms with Gasteiger partial charge in [0.1, 0.15) is 0 Å². The Morgan fingerprint density at radius 1 is 1.28 bits per heavy atom. The Labute approximate surface area is 109 Å². The van der Waals surface area contributed by atoms with Crippen LogP contribution in [0.5, 0.6) is 0 Å². The number of piperidine rings is 1. The quantitative estimate of drug-likeness (QED) is 0.734. The van der Waals surface area contributed by atoms with Gasteiger partial charge in [0.25, 0.3) is 0 Å². The van der Waals surface area contributed by atoms with Gasteiger partial charge < -0.3 is 10.1 Å². The van der Waals surface area contributed by atoms with Crippen LogP contribution in [0.2, 0.25) is 0 Å². The summed E-state index contributed by atoms with van der Waals surface area (Å²) in [6, 6.07) is 0. The van der Waals surface area contributed by atoms with E-state index in [-0.39, 0.29) is 18.3 Å². The minimum Gasteiger partial charge on any atom is -0.469 e. The fraction of sp³-hybridized carbons (Fsp3) is 0.846. The van der Waals surface area contributed by atoms with Gasteiger partial charge in [-0.2, -0.15) is 0 Å². The third-order valence-corrected chi connectivity index (χ3v) is 3.19. The normalized spacial score (nSPS) is 24.6. The van der Waals surface area contributed by atoms with Gasteiger partial charge in [-0.3, -0.25) is 14.5 Å². The molecule has 18 heavy (non-hydrogen) atoms. The van der Waals surface area contributed by atoms with Gasteiger partial charge in [-0.15, -0.1) is 0 Å². The first-order chi connectivity index (χ1) is 8.51. The lowest BCUT2D eigenvalue weighted by Gasteiger charge is -2.34. The largest absolute Gasteiger partial charge is 0.469 e. The van der Waals surface area contributed by atoms with Crippen LogP contribution in [0.1, 0.15) is 26.7 Å². The van der Waals surface area contributed by atoms with Crippen LogP contribution in [0.3, 0.4) is 0 Å². The molecule has 1 fully saturated rings. The van der Waals surface area contributed by atoms with Gasteiger partial charge in [-0.1, -0.05) is 13.8 Å². The Balaban J connectivity index is 2.21. The first-order valence-corrected chi connectivity index (χ1v) is 6.57. The monoisotopic (exact) mass is 256 g/mol. The zero-order valence-electron chi connectivity index (χ0n) is 11.6. The van der Waals surface area contributed by atoms with Gasteiger partial charge in [-0.25, -0.2) is 0 Å². The minimum atomic E-state index is -0.296. The maximum atomic E-state index is 11.7. The molecule has 0 spiro atoms. The lowest BCUT2D eigenvalue weighted by atomic mass is 9.92. The second kappa shape index (κ2) is 7.36. The highest BCUT2D eigenvalue weighted by molar-refractivity contribution is 5.78. The van der Waals surface area contributed by atoms with E-state index in [0.717, 1.165) is 13.1 Å². The molecule has 0 aliphatic carbocycles. The van der Waals surface area contributed by atoms with Crippen molar-refractivity contribution in [3.8, 4) is 0 Å². The molecule has 0 radical (unpaired) electrons. The van der Waals surface area contributed by atoms with E-state index in [2.05, 4.69) is 28.8 Å². The molecule has 0 aromatic heterocycles. The third kappa shape index (κ3) is 5.49. The summed E-state index contributed by atoms with van der Waals surface area (Å²) in [7, 11) is 1.35. The summed E-state index contributed by atoms with van der Waals surface area (Å²) in [6.07, 6.45) is 1.47. The zero-order chi connectivity index (χ0) is 13.5. The van der Waals surface area contributed by atoms with Crippen LogP contribution in [0.25, 0.3) is 0 Å². The molecule has 0 bridgehead atoms. The van der Waals surface area contributed by atoms with Gasteiger partial charge in [0.2, 0.25) is 5.91 Å². The van der Waals surface area contributed by atoms with Crippen LogP contribution < -0.4 is 5.32 Å². The van der Waals surface area contributed by atoms with Crippen molar-refractivity contribution in [2.75, 3.05) is 33.3 Å². The van der Waals surface area contributed by atoms with Crippen LogP contribution in [0.15, 0.2) is 0 Å². The standard InChI is InChI=1S/C13H24N2O3/c1-10-6-11(2)8-15(7-10)9-12(16)14-5-4-13(17)18-3/h10-11H,4-9H2,1-3H3,(H,14,16). The summed E-state index contributed by atoms with van der Waals surface area (Å²) in [6.45, 7) is 7.18. The summed E-state index contributed by atoms with van der Waals surface area (Å²) >= 11 is 0. The minimum absolute atomic E-state index is 0.0137. The molecule has 0 aromatic rings. The average Bonchev–Trinajstić information content (AvgIpc) is 2.27. The van der Waals surface area contributed by atoms with E-state index in [4.69, 9.17) is 0 Å². The molecule has 1 heterocycles. The van der Waals surface area contributed by atoms with Crippen LogP contribution in [-0.4, -0.2) is 50.1 Å². The maximum Gasteiger partial charge on any atom is 0.307 e. The summed E-state index contributed by atoms with van der Waals surface area (Å²) in [5, 5.41) is 2.74. The summed E-state index contributed by atoms with van der Waals surface area (Å²) < 4.78 is 4.51. The molecule has 1 amide bonds. The number of hydrogen-bond acceptors (Lipinski definition) is 4. The molecule has 0 aromatic carbocycles. The molecule has 1 rings (SSSR count). The van der Waals surface area contributed by atoms with E-state index in [1.165, 1.54) is 13.5 Å². The van der Waals surface area contributed by atoms with E-state index in [1.54, 1.807) is 0 Å². The predicted octanol–water partition coefficient (Wildman–Crippen LogP) is 0.644. The summed E-state index contributed by atoms with van der Waals surface area (Å²) in [5.41, 5.74) is 0. The van der Waals surface area contributed by atoms with Crippen molar-refractivity contribution >= 4 is 11.9 Å². The highest BCUT2D eigenvalue weighted by Gasteiger charge is 2.23. The highest BCUT2D eigenvalue weighted by atomic mass is 16.5. The number of carbonyl (C=O) groups is 2. The van der Waals surface area contributed by atoms with Gasteiger partial charge >= 0.3 is 5.97 Å². The Hall–Kier alpha value is -1.10. The van der Waals surface area contributed by atoms with Gasteiger partial charge in [-0.05, 0) is 18.3 Å². The smallest absolute Gasteiger partial charge is 0.307 e. The van der Waals surface area contributed by atoms with Crippen molar-refractivity contribution in [3.05, 3.63) is 0 Å². The van der Waals surface area contributed by atoms with Crippen molar-refractivity contribution in [2.45, 2.75) is 26.7 Å². The average molecular weight is 256 g/mol. The van der Waals surface area contributed by atoms with Crippen molar-refractivity contribution < 1.29 is 14.3 Å². The Bertz CT molecular complexity index is 284. The highest BCUT2D eigenvalue weighted by Crippen LogP contribution is 2.20. The maximum absolute atomic E-state index is 11.7. The number of likely N-dealkylation sites (tertiary alicyclic amines) is 1. The second-order valence-corrected chi connectivity index (χ2v) is 5.32. The van der Waals surface area contributed by atoms with Crippen molar-refractivity contribution in [2.24, 2.45) is 11.8 Å². The number of ether oxygens (including phenoxy) is 1. The molecule has 1 aliphatic heterocycles. The lowest BCUT2D eigenvalue weighted by Crippen LogP contribution is -2.44. The van der Waals surface area contributed by atoms with Crippen molar-refractivity contribution in [1.29, 1.82) is 0 Å².